The Morgan fingerprint density at radius 1 is 0.889 bits per heavy atom. The van der Waals surface area contributed by atoms with Crippen LogP contribution in [0.15, 0.2) is 91.1 Å². The highest BCUT2D eigenvalue weighted by atomic mass is 16.5. The van der Waals surface area contributed by atoms with E-state index in [2.05, 4.69) is 56.9 Å². The monoisotopic (exact) mass is 603 g/mol. The molecular formula is C36H37N5O4. The summed E-state index contributed by atoms with van der Waals surface area (Å²) in [5.41, 5.74) is 7.69. The number of carbonyl (C=O) groups excluding carboxylic acids is 1. The lowest BCUT2D eigenvalue weighted by Gasteiger charge is -2.29. The van der Waals surface area contributed by atoms with Crippen molar-refractivity contribution >= 4 is 11.6 Å². The van der Waals surface area contributed by atoms with Crippen LogP contribution < -0.4 is 19.5 Å². The number of fused-ring (bicyclic) bond motifs is 1. The van der Waals surface area contributed by atoms with Gasteiger partial charge in [-0.05, 0) is 84.5 Å². The minimum absolute atomic E-state index is 0.185. The maximum absolute atomic E-state index is 13.0. The highest BCUT2D eigenvalue weighted by Crippen LogP contribution is 2.33. The van der Waals surface area contributed by atoms with Gasteiger partial charge in [0.05, 0.1) is 31.7 Å². The van der Waals surface area contributed by atoms with E-state index >= 15 is 0 Å². The van der Waals surface area contributed by atoms with Crippen LogP contribution in [0.2, 0.25) is 0 Å². The topological polar surface area (TPSA) is 90.7 Å². The first-order chi connectivity index (χ1) is 22.0. The summed E-state index contributed by atoms with van der Waals surface area (Å²) in [4.78, 5) is 15.5. The van der Waals surface area contributed by atoms with Crippen LogP contribution in [-0.4, -0.2) is 53.1 Å². The smallest absolute Gasteiger partial charge is 0.259 e. The molecule has 0 saturated heterocycles. The van der Waals surface area contributed by atoms with Gasteiger partial charge >= 0.3 is 0 Å². The van der Waals surface area contributed by atoms with E-state index in [-0.39, 0.29) is 12.5 Å². The number of aromatic nitrogens is 3. The van der Waals surface area contributed by atoms with Crippen LogP contribution in [-0.2, 0) is 26.0 Å². The molecule has 0 spiro atoms. The molecule has 230 valence electrons. The molecule has 0 bridgehead atoms. The lowest BCUT2D eigenvalue weighted by atomic mass is 9.98. The summed E-state index contributed by atoms with van der Waals surface area (Å²) in [6.07, 6.45) is 3.80. The first-order valence-electron chi connectivity index (χ1n) is 15.1. The predicted molar refractivity (Wildman–Crippen MR) is 173 cm³/mol. The molecule has 1 aromatic heterocycles. The molecule has 0 fully saturated rings. The van der Waals surface area contributed by atoms with Gasteiger partial charge in [-0.15, -0.1) is 5.10 Å². The van der Waals surface area contributed by atoms with Crippen LogP contribution in [0.5, 0.6) is 17.2 Å². The number of hydrogen-bond donors (Lipinski definition) is 1. The van der Waals surface area contributed by atoms with Crippen molar-refractivity contribution in [2.45, 2.75) is 32.9 Å². The molecule has 1 amide bonds. The standard InChI is InChI=1S/C36H37N5O4/c1-25-8-4-6-10-32(25)37-36(42)31-9-5-7-11-33(31)45-24-29-23-41(39-38-29)30-14-12-26(13-15-30)16-18-40-19-17-27-20-34(43-2)35(44-3)21-28(27)22-40/h4-15,20-21,23H,16-19,22,24H2,1-3H3,(H,37,42). The summed E-state index contributed by atoms with van der Waals surface area (Å²) >= 11 is 0. The van der Waals surface area contributed by atoms with Crippen molar-refractivity contribution in [2.24, 2.45) is 0 Å². The molecule has 5 aromatic rings. The second-order valence-electron chi connectivity index (χ2n) is 11.1. The van der Waals surface area contributed by atoms with Gasteiger partial charge in [-0.1, -0.05) is 47.7 Å². The Morgan fingerprint density at radius 3 is 2.40 bits per heavy atom. The van der Waals surface area contributed by atoms with Gasteiger partial charge < -0.3 is 19.5 Å². The van der Waals surface area contributed by atoms with Crippen LogP contribution >= 0.6 is 0 Å². The molecular weight excluding hydrogens is 566 g/mol. The molecule has 2 heterocycles. The van der Waals surface area contributed by atoms with Crippen molar-refractivity contribution in [2.75, 3.05) is 32.6 Å². The summed E-state index contributed by atoms with van der Waals surface area (Å²) < 4.78 is 18.7. The van der Waals surface area contributed by atoms with Gasteiger partial charge in [-0.25, -0.2) is 4.68 Å². The minimum atomic E-state index is -0.227. The Labute approximate surface area is 263 Å². The number of nitrogens with zero attached hydrogens (tertiary/aromatic N) is 4. The van der Waals surface area contributed by atoms with E-state index in [9.17, 15) is 4.79 Å². The van der Waals surface area contributed by atoms with Gasteiger partial charge in [-0.2, -0.15) is 0 Å². The molecule has 1 aliphatic heterocycles. The average molecular weight is 604 g/mol. The number of carbonyl (C=O) groups is 1. The summed E-state index contributed by atoms with van der Waals surface area (Å²) in [6, 6.07) is 27.5. The number of para-hydroxylation sites is 2. The van der Waals surface area contributed by atoms with Gasteiger partial charge in [0.15, 0.2) is 11.5 Å². The third kappa shape index (κ3) is 6.99. The average Bonchev–Trinajstić information content (AvgIpc) is 3.56. The third-order valence-corrected chi connectivity index (χ3v) is 8.16. The lowest BCUT2D eigenvalue weighted by molar-refractivity contribution is 0.102. The first-order valence-corrected chi connectivity index (χ1v) is 15.1. The third-order valence-electron chi connectivity index (χ3n) is 8.16. The zero-order valence-corrected chi connectivity index (χ0v) is 25.8. The van der Waals surface area contributed by atoms with Crippen molar-refractivity contribution in [3.8, 4) is 22.9 Å². The largest absolute Gasteiger partial charge is 0.493 e. The number of ether oxygens (including phenoxy) is 3. The summed E-state index contributed by atoms with van der Waals surface area (Å²) in [6.45, 7) is 5.04. The Morgan fingerprint density at radius 2 is 1.62 bits per heavy atom. The molecule has 1 aliphatic rings. The van der Waals surface area contributed by atoms with Crippen LogP contribution in [0.25, 0.3) is 5.69 Å². The van der Waals surface area contributed by atoms with E-state index in [1.807, 2.05) is 49.5 Å². The molecule has 0 saturated carbocycles. The lowest BCUT2D eigenvalue weighted by Crippen LogP contribution is -2.32. The molecule has 45 heavy (non-hydrogen) atoms. The molecule has 9 nitrogen and oxygen atoms in total. The molecule has 0 radical (unpaired) electrons. The normalized spacial score (nSPS) is 12.8. The van der Waals surface area contributed by atoms with Gasteiger partial charge in [0.2, 0.25) is 0 Å². The van der Waals surface area contributed by atoms with E-state index in [1.54, 1.807) is 31.0 Å². The molecule has 4 aromatic carbocycles. The molecule has 1 N–H and O–H groups in total. The Balaban J connectivity index is 1.03. The number of anilines is 1. The number of amides is 1. The van der Waals surface area contributed by atoms with Crippen LogP contribution in [0.4, 0.5) is 5.69 Å². The Bertz CT molecular complexity index is 1780. The van der Waals surface area contributed by atoms with Gasteiger partial charge in [-0.3, -0.25) is 9.69 Å². The zero-order chi connectivity index (χ0) is 31.2. The van der Waals surface area contributed by atoms with Gasteiger partial charge in [0.25, 0.3) is 5.91 Å². The van der Waals surface area contributed by atoms with Crippen molar-refractivity contribution < 1.29 is 19.0 Å². The quantitative estimate of drug-likeness (QED) is 0.197. The predicted octanol–water partition coefficient (Wildman–Crippen LogP) is 6.03. The molecule has 0 aliphatic carbocycles. The molecule has 6 rings (SSSR count). The maximum atomic E-state index is 13.0. The molecule has 0 unspecified atom stereocenters. The first kappa shape index (κ1) is 29.9. The summed E-state index contributed by atoms with van der Waals surface area (Å²) in [5.74, 6) is 1.83. The van der Waals surface area contributed by atoms with E-state index in [0.717, 1.165) is 60.9 Å². The maximum Gasteiger partial charge on any atom is 0.259 e. The minimum Gasteiger partial charge on any atom is -0.493 e. The Kier molecular flexibility index (Phi) is 9.07. The van der Waals surface area contributed by atoms with Gasteiger partial charge in [0, 0.05) is 25.3 Å². The second-order valence-corrected chi connectivity index (χ2v) is 11.1. The second kappa shape index (κ2) is 13.7. The van der Waals surface area contributed by atoms with Crippen molar-refractivity contribution in [3.63, 3.8) is 0 Å². The highest BCUT2D eigenvalue weighted by molar-refractivity contribution is 6.06. The highest BCUT2D eigenvalue weighted by Gasteiger charge is 2.19. The van der Waals surface area contributed by atoms with Crippen LogP contribution in [0.1, 0.15) is 38.3 Å². The van der Waals surface area contributed by atoms with Crippen molar-refractivity contribution in [1.82, 2.24) is 19.9 Å². The summed E-state index contributed by atoms with van der Waals surface area (Å²) in [7, 11) is 3.36. The van der Waals surface area contributed by atoms with Crippen molar-refractivity contribution in [3.05, 3.63) is 125 Å². The SMILES string of the molecule is COc1cc2c(cc1OC)CN(CCc1ccc(-n3cc(COc4ccccc4C(=O)Nc4ccccc4C)nn3)cc1)CC2. The molecule has 0 atom stereocenters. The molecule has 9 heteroatoms. The van der Waals surface area contributed by atoms with Crippen molar-refractivity contribution in [1.29, 1.82) is 0 Å². The fraction of sp³-hybridized carbons (Fsp3) is 0.250. The van der Waals surface area contributed by atoms with E-state index in [0.29, 0.717) is 17.0 Å². The fourth-order valence-electron chi connectivity index (χ4n) is 5.56. The summed E-state index contributed by atoms with van der Waals surface area (Å²) in [5, 5.41) is 11.6. The number of nitrogens with one attached hydrogen (secondary N) is 1. The van der Waals surface area contributed by atoms with Gasteiger partial charge in [0.1, 0.15) is 18.1 Å². The number of rotatable bonds is 11. The number of aryl methyl sites for hydroxylation is 1. The fourth-order valence-corrected chi connectivity index (χ4v) is 5.56. The Hall–Kier alpha value is -5.15. The van der Waals surface area contributed by atoms with E-state index in [1.165, 1.54) is 16.7 Å². The number of methoxy groups -OCH3 is 2. The zero-order valence-electron chi connectivity index (χ0n) is 25.8. The number of benzene rings is 4. The number of hydrogen-bond acceptors (Lipinski definition) is 7. The van der Waals surface area contributed by atoms with Crippen LogP contribution in [0.3, 0.4) is 0 Å². The van der Waals surface area contributed by atoms with E-state index in [4.69, 9.17) is 14.2 Å². The van der Waals surface area contributed by atoms with Crippen LogP contribution in [0, 0.1) is 6.92 Å². The van der Waals surface area contributed by atoms with E-state index < -0.39 is 0 Å².